The van der Waals surface area contributed by atoms with Crippen molar-refractivity contribution in [1.29, 1.82) is 0 Å². The number of hydrogen-bond acceptors (Lipinski definition) is 5. The van der Waals surface area contributed by atoms with Crippen LogP contribution in [0.1, 0.15) is 25.0 Å². The quantitative estimate of drug-likeness (QED) is 0.840. The molecule has 0 bridgehead atoms. The first-order chi connectivity index (χ1) is 8.35. The van der Waals surface area contributed by atoms with Gasteiger partial charge >= 0.3 is 0 Å². The maximum absolute atomic E-state index is 9.36. The standard InChI is InChI=1S/C12H19N3O2/c1-17-12-11(13-5-6-14-12)8-15-7-3-2-4-10(15)9-16/h5-6,10,16H,2-4,7-9H2,1H3/t10-/m1/s1. The molecule has 1 atom stereocenters. The van der Waals surface area contributed by atoms with Gasteiger partial charge in [-0.3, -0.25) is 9.88 Å². The van der Waals surface area contributed by atoms with Crippen LogP contribution in [0.15, 0.2) is 12.4 Å². The zero-order valence-corrected chi connectivity index (χ0v) is 10.2. The third kappa shape index (κ3) is 2.92. The lowest BCUT2D eigenvalue weighted by Gasteiger charge is -2.34. The van der Waals surface area contributed by atoms with Crippen molar-refractivity contribution in [2.24, 2.45) is 0 Å². The topological polar surface area (TPSA) is 58.5 Å². The number of methoxy groups -OCH3 is 1. The van der Waals surface area contributed by atoms with Gasteiger partial charge in [-0.05, 0) is 19.4 Å². The van der Waals surface area contributed by atoms with E-state index in [9.17, 15) is 5.11 Å². The molecule has 5 nitrogen and oxygen atoms in total. The Bertz CT molecular complexity index is 359. The molecule has 1 saturated heterocycles. The summed E-state index contributed by atoms with van der Waals surface area (Å²) in [5, 5.41) is 9.36. The third-order valence-electron chi connectivity index (χ3n) is 3.24. The fourth-order valence-electron chi connectivity index (χ4n) is 2.30. The molecule has 0 amide bonds. The second-order valence-electron chi connectivity index (χ2n) is 4.31. The van der Waals surface area contributed by atoms with Crippen molar-refractivity contribution < 1.29 is 9.84 Å². The van der Waals surface area contributed by atoms with Gasteiger partial charge in [0, 0.05) is 25.0 Å². The summed E-state index contributed by atoms with van der Waals surface area (Å²) < 4.78 is 5.19. The summed E-state index contributed by atoms with van der Waals surface area (Å²) in [6.45, 7) is 1.91. The highest BCUT2D eigenvalue weighted by molar-refractivity contribution is 5.17. The van der Waals surface area contributed by atoms with Crippen molar-refractivity contribution >= 4 is 0 Å². The lowest BCUT2D eigenvalue weighted by Crippen LogP contribution is -2.41. The van der Waals surface area contributed by atoms with Gasteiger partial charge in [0.25, 0.3) is 0 Å². The summed E-state index contributed by atoms with van der Waals surface area (Å²) in [6.07, 6.45) is 6.73. The molecule has 0 spiro atoms. The molecular formula is C12H19N3O2. The van der Waals surface area contributed by atoms with Gasteiger partial charge < -0.3 is 9.84 Å². The van der Waals surface area contributed by atoms with Crippen LogP contribution in [-0.2, 0) is 6.54 Å². The molecule has 0 aliphatic carbocycles. The maximum Gasteiger partial charge on any atom is 0.236 e. The van der Waals surface area contributed by atoms with E-state index in [0.29, 0.717) is 12.4 Å². The molecule has 1 N–H and O–H groups in total. The smallest absolute Gasteiger partial charge is 0.236 e. The van der Waals surface area contributed by atoms with Crippen LogP contribution in [0.2, 0.25) is 0 Å². The molecule has 1 aromatic rings. The number of aliphatic hydroxyl groups excluding tert-OH is 1. The number of rotatable bonds is 4. The van der Waals surface area contributed by atoms with Gasteiger partial charge in [-0.1, -0.05) is 6.42 Å². The number of ether oxygens (including phenoxy) is 1. The summed E-state index contributed by atoms with van der Waals surface area (Å²) in [7, 11) is 1.60. The number of aliphatic hydroxyl groups is 1. The minimum Gasteiger partial charge on any atom is -0.480 e. The first-order valence-corrected chi connectivity index (χ1v) is 6.04. The number of hydrogen-bond donors (Lipinski definition) is 1. The Hall–Kier alpha value is -1.20. The SMILES string of the molecule is COc1nccnc1CN1CCCC[C@@H]1CO. The normalized spacial score (nSPS) is 21.4. The summed E-state index contributed by atoms with van der Waals surface area (Å²) in [4.78, 5) is 10.7. The summed E-state index contributed by atoms with van der Waals surface area (Å²) in [6, 6.07) is 0.246. The molecule has 1 aromatic heterocycles. The van der Waals surface area contributed by atoms with E-state index in [1.54, 1.807) is 19.5 Å². The highest BCUT2D eigenvalue weighted by atomic mass is 16.5. The van der Waals surface area contributed by atoms with E-state index in [1.807, 2.05) is 0 Å². The Labute approximate surface area is 101 Å². The second-order valence-corrected chi connectivity index (χ2v) is 4.31. The largest absolute Gasteiger partial charge is 0.480 e. The zero-order chi connectivity index (χ0) is 12.1. The minimum atomic E-state index is 0.211. The molecule has 17 heavy (non-hydrogen) atoms. The summed E-state index contributed by atoms with van der Waals surface area (Å²) in [5.41, 5.74) is 0.843. The third-order valence-corrected chi connectivity index (χ3v) is 3.24. The van der Waals surface area contributed by atoms with Crippen LogP contribution in [-0.4, -0.2) is 46.3 Å². The van der Waals surface area contributed by atoms with Crippen LogP contribution >= 0.6 is 0 Å². The molecule has 1 fully saturated rings. The van der Waals surface area contributed by atoms with E-state index in [0.717, 1.165) is 18.7 Å². The van der Waals surface area contributed by atoms with E-state index in [-0.39, 0.29) is 12.6 Å². The van der Waals surface area contributed by atoms with E-state index in [1.165, 1.54) is 12.8 Å². The molecule has 1 aliphatic heterocycles. The number of aromatic nitrogens is 2. The zero-order valence-electron chi connectivity index (χ0n) is 10.2. The van der Waals surface area contributed by atoms with Crippen molar-refractivity contribution in [2.45, 2.75) is 31.8 Å². The molecule has 0 aromatic carbocycles. The molecule has 1 aliphatic rings. The molecular weight excluding hydrogens is 218 g/mol. The predicted octanol–water partition coefficient (Wildman–Crippen LogP) is 0.832. The average Bonchev–Trinajstić information content (AvgIpc) is 2.40. The number of likely N-dealkylation sites (tertiary alicyclic amines) is 1. The van der Waals surface area contributed by atoms with Gasteiger partial charge in [-0.25, -0.2) is 4.98 Å². The van der Waals surface area contributed by atoms with Crippen LogP contribution in [0.5, 0.6) is 5.88 Å². The van der Waals surface area contributed by atoms with Crippen LogP contribution < -0.4 is 4.74 Å². The Kier molecular flexibility index (Phi) is 4.28. The monoisotopic (exact) mass is 237 g/mol. The molecule has 94 valence electrons. The Balaban J connectivity index is 2.08. The fourth-order valence-corrected chi connectivity index (χ4v) is 2.30. The van der Waals surface area contributed by atoms with Crippen LogP contribution in [0, 0.1) is 0 Å². The van der Waals surface area contributed by atoms with Gasteiger partial charge in [0.15, 0.2) is 0 Å². The van der Waals surface area contributed by atoms with E-state index >= 15 is 0 Å². The van der Waals surface area contributed by atoms with Crippen molar-refractivity contribution in [3.63, 3.8) is 0 Å². The maximum atomic E-state index is 9.36. The van der Waals surface area contributed by atoms with Gasteiger partial charge in [-0.2, -0.15) is 0 Å². The van der Waals surface area contributed by atoms with Crippen LogP contribution in [0.25, 0.3) is 0 Å². The predicted molar refractivity (Wildman–Crippen MR) is 63.7 cm³/mol. The Morgan fingerprint density at radius 3 is 3.00 bits per heavy atom. The molecule has 2 heterocycles. The molecule has 0 saturated carbocycles. The minimum absolute atomic E-state index is 0.211. The van der Waals surface area contributed by atoms with Gasteiger partial charge in [-0.15, -0.1) is 0 Å². The Morgan fingerprint density at radius 2 is 2.24 bits per heavy atom. The fraction of sp³-hybridized carbons (Fsp3) is 0.667. The van der Waals surface area contributed by atoms with E-state index < -0.39 is 0 Å². The molecule has 0 unspecified atom stereocenters. The van der Waals surface area contributed by atoms with Crippen molar-refractivity contribution in [3.05, 3.63) is 18.1 Å². The first-order valence-electron chi connectivity index (χ1n) is 6.04. The lowest BCUT2D eigenvalue weighted by molar-refractivity contribution is 0.0821. The first kappa shape index (κ1) is 12.3. The summed E-state index contributed by atoms with van der Waals surface area (Å²) >= 11 is 0. The van der Waals surface area contributed by atoms with E-state index in [2.05, 4.69) is 14.9 Å². The average molecular weight is 237 g/mol. The second kappa shape index (κ2) is 5.93. The number of piperidine rings is 1. The van der Waals surface area contributed by atoms with Gasteiger partial charge in [0.1, 0.15) is 5.69 Å². The Morgan fingerprint density at radius 1 is 1.41 bits per heavy atom. The number of nitrogens with zero attached hydrogens (tertiary/aromatic N) is 3. The molecule has 2 rings (SSSR count). The van der Waals surface area contributed by atoms with Crippen LogP contribution in [0.4, 0.5) is 0 Å². The van der Waals surface area contributed by atoms with Crippen molar-refractivity contribution in [3.8, 4) is 5.88 Å². The highest BCUT2D eigenvalue weighted by Crippen LogP contribution is 2.21. The van der Waals surface area contributed by atoms with Crippen molar-refractivity contribution in [2.75, 3.05) is 20.3 Å². The highest BCUT2D eigenvalue weighted by Gasteiger charge is 2.23. The van der Waals surface area contributed by atoms with E-state index in [4.69, 9.17) is 4.74 Å². The summed E-state index contributed by atoms with van der Waals surface area (Å²) in [5.74, 6) is 0.578. The molecule has 0 radical (unpaired) electrons. The lowest BCUT2D eigenvalue weighted by atomic mass is 10.0. The van der Waals surface area contributed by atoms with Gasteiger partial charge in [0.05, 0.1) is 13.7 Å². The van der Waals surface area contributed by atoms with Gasteiger partial charge in [0.2, 0.25) is 5.88 Å². The molecule has 5 heteroatoms. The van der Waals surface area contributed by atoms with Crippen LogP contribution in [0.3, 0.4) is 0 Å². The van der Waals surface area contributed by atoms with Crippen molar-refractivity contribution in [1.82, 2.24) is 14.9 Å².